The summed E-state index contributed by atoms with van der Waals surface area (Å²) in [6.07, 6.45) is 2.25. The quantitative estimate of drug-likeness (QED) is 0.277. The molecule has 0 atom stereocenters. The van der Waals surface area contributed by atoms with E-state index in [1.54, 1.807) is 42.3 Å². The van der Waals surface area contributed by atoms with E-state index < -0.39 is 21.5 Å². The first-order chi connectivity index (χ1) is 22.2. The average molecular weight is 703 g/mol. The molecule has 1 aliphatic heterocycles. The lowest BCUT2D eigenvalue weighted by Gasteiger charge is -2.35. The third kappa shape index (κ3) is 9.41. The van der Waals surface area contributed by atoms with Gasteiger partial charge in [-0.3, -0.25) is 9.52 Å². The molecule has 2 heterocycles. The number of piperazine rings is 1. The van der Waals surface area contributed by atoms with E-state index in [2.05, 4.69) is 20.0 Å². The van der Waals surface area contributed by atoms with E-state index in [0.29, 0.717) is 48.5 Å². The van der Waals surface area contributed by atoms with Crippen molar-refractivity contribution in [2.24, 2.45) is 0 Å². The van der Waals surface area contributed by atoms with Crippen molar-refractivity contribution in [2.75, 3.05) is 54.5 Å². The van der Waals surface area contributed by atoms with E-state index in [-0.39, 0.29) is 40.1 Å². The molecule has 4 rings (SSSR count). The number of hydrogen-bond donors (Lipinski definition) is 2. The lowest BCUT2D eigenvalue weighted by molar-refractivity contribution is 0.0240. The Morgan fingerprint density at radius 3 is 2.21 bits per heavy atom. The molecule has 3 aromatic rings. The normalized spacial score (nSPS) is 14.0. The Hall–Kier alpha value is -4.30. The summed E-state index contributed by atoms with van der Waals surface area (Å²) in [5.74, 6) is 0.599. The Labute approximate surface area is 287 Å². The summed E-state index contributed by atoms with van der Waals surface area (Å²) in [5.41, 5.74) is 1.05. The van der Waals surface area contributed by atoms with Crippen LogP contribution in [0.1, 0.15) is 63.0 Å². The number of carbonyl (C=O) groups is 2. The van der Waals surface area contributed by atoms with Gasteiger partial charge in [-0.2, -0.15) is 4.98 Å². The summed E-state index contributed by atoms with van der Waals surface area (Å²) >= 11 is 6.56. The smallest absolute Gasteiger partial charge is 0.410 e. The maximum Gasteiger partial charge on any atom is 0.410 e. The molecule has 2 amide bonds. The van der Waals surface area contributed by atoms with Crippen LogP contribution in [0.2, 0.25) is 5.02 Å². The van der Waals surface area contributed by atoms with Crippen LogP contribution in [0.3, 0.4) is 0 Å². The van der Waals surface area contributed by atoms with E-state index >= 15 is 0 Å². The number of nitrogens with zero attached hydrogens (tertiary/aromatic N) is 4. The number of aromatic nitrogens is 2. The third-order valence-corrected chi connectivity index (χ3v) is 8.29. The van der Waals surface area contributed by atoms with E-state index in [4.69, 9.17) is 25.8 Å². The lowest BCUT2D eigenvalue weighted by atomic mass is 9.86. The highest BCUT2D eigenvalue weighted by Gasteiger charge is 2.27. The summed E-state index contributed by atoms with van der Waals surface area (Å²) < 4.78 is 43.9. The fourth-order valence-electron chi connectivity index (χ4n) is 4.81. The molecule has 48 heavy (non-hydrogen) atoms. The topological polar surface area (TPSA) is 152 Å². The minimum Gasteiger partial charge on any atom is -0.492 e. The fraction of sp³-hybridized carbons (Fsp3) is 0.455. The Kier molecular flexibility index (Phi) is 10.7. The molecule has 0 spiro atoms. The molecule has 1 aromatic heterocycles. The van der Waals surface area contributed by atoms with Crippen molar-refractivity contribution in [2.45, 2.75) is 59.5 Å². The summed E-state index contributed by atoms with van der Waals surface area (Å²) in [6.45, 7) is 15.1. The first-order valence-electron chi connectivity index (χ1n) is 15.3. The maximum atomic E-state index is 13.6. The summed E-state index contributed by atoms with van der Waals surface area (Å²) in [6, 6.07) is 8.09. The van der Waals surface area contributed by atoms with Crippen molar-refractivity contribution >= 4 is 50.9 Å². The molecule has 0 unspecified atom stereocenters. The zero-order chi connectivity index (χ0) is 35.6. The van der Waals surface area contributed by atoms with Gasteiger partial charge in [-0.15, -0.1) is 0 Å². The van der Waals surface area contributed by atoms with Crippen LogP contribution in [0.15, 0.2) is 36.5 Å². The molecule has 13 nitrogen and oxygen atoms in total. The SMILES string of the molecule is COc1c(NC(=O)c2cc(Cl)c(C)c(Oc3ccnc(N4CCN(C(=O)OC(C)(C)C)CC4)n3)c2)cc(C(C)(C)C)cc1NS(C)(=O)=O. The summed E-state index contributed by atoms with van der Waals surface area (Å²) in [7, 11) is -2.26. The Morgan fingerprint density at radius 1 is 0.979 bits per heavy atom. The number of nitrogens with one attached hydrogen (secondary N) is 2. The Morgan fingerprint density at radius 2 is 1.62 bits per heavy atom. The molecule has 0 radical (unpaired) electrons. The van der Waals surface area contributed by atoms with Crippen LogP contribution in [-0.2, 0) is 20.2 Å². The second-order valence-corrected chi connectivity index (χ2v) is 15.7. The van der Waals surface area contributed by atoms with E-state index in [9.17, 15) is 18.0 Å². The zero-order valence-electron chi connectivity index (χ0n) is 28.7. The van der Waals surface area contributed by atoms with Crippen molar-refractivity contribution in [3.8, 4) is 17.4 Å². The highest BCUT2D eigenvalue weighted by molar-refractivity contribution is 7.92. The van der Waals surface area contributed by atoms with E-state index in [1.807, 2.05) is 46.4 Å². The first kappa shape index (κ1) is 36.5. The predicted octanol–water partition coefficient (Wildman–Crippen LogP) is 6.22. The van der Waals surface area contributed by atoms with Gasteiger partial charge in [-0.25, -0.2) is 18.2 Å². The predicted molar refractivity (Wildman–Crippen MR) is 186 cm³/mol. The molecule has 1 saturated heterocycles. The molecule has 260 valence electrons. The number of methoxy groups -OCH3 is 1. The van der Waals surface area contributed by atoms with Crippen LogP contribution in [0.5, 0.6) is 17.4 Å². The third-order valence-electron chi connectivity index (χ3n) is 7.31. The number of amides is 2. The van der Waals surface area contributed by atoms with E-state index in [1.165, 1.54) is 13.2 Å². The van der Waals surface area contributed by atoms with Crippen LogP contribution < -0.4 is 24.4 Å². The van der Waals surface area contributed by atoms with Crippen LogP contribution in [-0.4, -0.2) is 80.4 Å². The number of carbonyl (C=O) groups excluding carboxylic acids is 2. The van der Waals surface area contributed by atoms with Gasteiger partial charge < -0.3 is 29.3 Å². The van der Waals surface area contributed by atoms with Crippen LogP contribution in [0.25, 0.3) is 0 Å². The molecule has 0 saturated carbocycles. The molecular formula is C33H43ClN6O7S. The highest BCUT2D eigenvalue weighted by atomic mass is 35.5. The van der Waals surface area contributed by atoms with Gasteiger partial charge in [-0.05, 0) is 62.9 Å². The molecule has 2 N–H and O–H groups in total. The maximum absolute atomic E-state index is 13.6. The standard InChI is InChI=1S/C33H43ClN6O7S/c1-20-23(34)16-21(29(41)36-24-18-22(32(2,3)4)19-25(28(24)45-8)38-48(9,43)44)17-26(20)46-27-10-11-35-30(37-27)39-12-14-40(15-13-39)31(42)47-33(5,6)7/h10-11,16-19,38H,12-15H2,1-9H3,(H,36,41). The minimum atomic E-state index is -3.65. The molecule has 2 aromatic carbocycles. The van der Waals surface area contributed by atoms with Gasteiger partial charge in [0.1, 0.15) is 11.4 Å². The van der Waals surface area contributed by atoms with Gasteiger partial charge in [0.25, 0.3) is 5.91 Å². The fourth-order valence-corrected chi connectivity index (χ4v) is 5.57. The first-order valence-corrected chi connectivity index (χ1v) is 17.6. The van der Waals surface area contributed by atoms with Gasteiger partial charge in [0, 0.05) is 54.6 Å². The second kappa shape index (κ2) is 14.0. The average Bonchev–Trinajstić information content (AvgIpc) is 2.97. The van der Waals surface area contributed by atoms with Gasteiger partial charge in [0.2, 0.25) is 21.9 Å². The monoisotopic (exact) mass is 702 g/mol. The minimum absolute atomic E-state index is 0.150. The molecule has 0 bridgehead atoms. The van der Waals surface area contributed by atoms with Crippen LogP contribution in [0.4, 0.5) is 22.1 Å². The van der Waals surface area contributed by atoms with Gasteiger partial charge in [-0.1, -0.05) is 32.4 Å². The number of sulfonamides is 1. The summed E-state index contributed by atoms with van der Waals surface area (Å²) in [5, 5.41) is 3.14. The van der Waals surface area contributed by atoms with Crippen LogP contribution in [0, 0.1) is 6.92 Å². The molecule has 1 fully saturated rings. The van der Waals surface area contributed by atoms with Gasteiger partial charge >= 0.3 is 6.09 Å². The summed E-state index contributed by atoms with van der Waals surface area (Å²) in [4.78, 5) is 38.7. The number of anilines is 3. The van der Waals surface area contributed by atoms with Gasteiger partial charge in [0.15, 0.2) is 5.75 Å². The van der Waals surface area contributed by atoms with Crippen molar-refractivity contribution in [3.05, 3.63) is 58.2 Å². The van der Waals surface area contributed by atoms with Crippen LogP contribution >= 0.6 is 11.6 Å². The zero-order valence-corrected chi connectivity index (χ0v) is 30.3. The second-order valence-electron chi connectivity index (χ2n) is 13.5. The van der Waals surface area contributed by atoms with Crippen molar-refractivity contribution < 1.29 is 32.2 Å². The molecule has 15 heteroatoms. The highest BCUT2D eigenvalue weighted by Crippen LogP contribution is 2.40. The molecule has 0 aliphatic carbocycles. The Balaban J connectivity index is 1.56. The lowest BCUT2D eigenvalue weighted by Crippen LogP contribution is -2.50. The van der Waals surface area contributed by atoms with E-state index in [0.717, 1.165) is 11.8 Å². The number of benzene rings is 2. The molecule has 1 aliphatic rings. The van der Waals surface area contributed by atoms with Crippen molar-refractivity contribution in [1.82, 2.24) is 14.9 Å². The number of rotatable bonds is 8. The molecular weight excluding hydrogens is 660 g/mol. The van der Waals surface area contributed by atoms with Crippen molar-refractivity contribution in [3.63, 3.8) is 0 Å². The number of hydrogen-bond acceptors (Lipinski definition) is 10. The largest absolute Gasteiger partial charge is 0.492 e. The Bertz CT molecular complexity index is 1800. The number of ether oxygens (including phenoxy) is 3. The van der Waals surface area contributed by atoms with Gasteiger partial charge in [0.05, 0.1) is 24.7 Å². The van der Waals surface area contributed by atoms with Crippen molar-refractivity contribution in [1.29, 1.82) is 0 Å². The number of halogens is 1.